The van der Waals surface area contributed by atoms with Crippen LogP contribution in [0.2, 0.25) is 0 Å². The summed E-state index contributed by atoms with van der Waals surface area (Å²) in [7, 11) is 1.59. The Balaban J connectivity index is 1.80. The first-order valence-electron chi connectivity index (χ1n) is 7.87. The zero-order valence-electron chi connectivity index (χ0n) is 13.4. The number of carbonyl (C=O) groups is 2. The molecule has 1 saturated heterocycles. The minimum absolute atomic E-state index is 0.239. The van der Waals surface area contributed by atoms with Gasteiger partial charge in [-0.1, -0.05) is 30.3 Å². The molecule has 1 fully saturated rings. The monoisotopic (exact) mass is 325 g/mol. The summed E-state index contributed by atoms with van der Waals surface area (Å²) in [5, 5.41) is 8.75. The number of benzene rings is 2. The summed E-state index contributed by atoms with van der Waals surface area (Å²) in [4.78, 5) is 23.8. The zero-order valence-corrected chi connectivity index (χ0v) is 13.4. The highest BCUT2D eigenvalue weighted by molar-refractivity contribution is 6.04. The van der Waals surface area contributed by atoms with Crippen LogP contribution in [0.25, 0.3) is 10.8 Å². The van der Waals surface area contributed by atoms with E-state index in [2.05, 4.69) is 15.8 Å². The first-order chi connectivity index (χ1) is 11.7. The Morgan fingerprint density at radius 1 is 1.33 bits per heavy atom. The number of fused-ring (bicyclic) bond motifs is 1. The molecule has 0 saturated carbocycles. The van der Waals surface area contributed by atoms with Gasteiger partial charge >= 0.3 is 0 Å². The van der Waals surface area contributed by atoms with E-state index in [1.54, 1.807) is 13.3 Å². The van der Waals surface area contributed by atoms with Crippen molar-refractivity contribution in [3.8, 4) is 5.75 Å². The number of carbonyl (C=O) groups excluding carboxylic acids is 2. The smallest absolute Gasteiger partial charge is 0.252 e. The summed E-state index contributed by atoms with van der Waals surface area (Å²) in [6.07, 6.45) is 2.90. The van der Waals surface area contributed by atoms with Gasteiger partial charge in [-0.15, -0.1) is 0 Å². The van der Waals surface area contributed by atoms with Crippen molar-refractivity contribution in [3.05, 3.63) is 42.0 Å². The topological polar surface area (TPSA) is 79.8 Å². The van der Waals surface area contributed by atoms with Crippen LogP contribution in [-0.4, -0.2) is 31.7 Å². The maximum absolute atomic E-state index is 12.1. The summed E-state index contributed by atoms with van der Waals surface area (Å²) in [5.41, 5.74) is 3.24. The van der Waals surface area contributed by atoms with E-state index in [4.69, 9.17) is 4.74 Å². The van der Waals surface area contributed by atoms with Gasteiger partial charge in [-0.25, -0.2) is 5.43 Å². The molecule has 0 aromatic heterocycles. The lowest BCUT2D eigenvalue weighted by Crippen LogP contribution is -2.43. The van der Waals surface area contributed by atoms with Crippen LogP contribution >= 0.6 is 0 Å². The number of hydrogen-bond donors (Lipinski definition) is 2. The molecule has 2 aromatic rings. The summed E-state index contributed by atoms with van der Waals surface area (Å²) in [5.74, 6) is -0.633. The lowest BCUT2D eigenvalue weighted by atomic mass is 9.98. The van der Waals surface area contributed by atoms with Crippen molar-refractivity contribution in [2.45, 2.75) is 12.8 Å². The lowest BCUT2D eigenvalue weighted by molar-refractivity contribution is -0.136. The van der Waals surface area contributed by atoms with E-state index in [0.717, 1.165) is 22.8 Å². The van der Waals surface area contributed by atoms with Crippen LogP contribution in [0.15, 0.2) is 41.5 Å². The maximum atomic E-state index is 12.1. The number of ether oxygens (including phenoxy) is 1. The Hall–Kier alpha value is -2.89. The molecule has 0 radical (unpaired) electrons. The fraction of sp³-hybridized carbons (Fsp3) is 0.278. The van der Waals surface area contributed by atoms with Crippen molar-refractivity contribution in [3.63, 3.8) is 0 Å². The third kappa shape index (κ3) is 3.22. The van der Waals surface area contributed by atoms with Crippen LogP contribution < -0.4 is 15.5 Å². The van der Waals surface area contributed by atoms with Gasteiger partial charge in [-0.05, 0) is 29.7 Å². The van der Waals surface area contributed by atoms with Gasteiger partial charge in [0.25, 0.3) is 5.91 Å². The molecule has 0 aliphatic carbocycles. The molecule has 1 aliphatic heterocycles. The molecule has 6 heteroatoms. The SMILES string of the molecule is COc1ccc2ccccc2c1/C=N\NC(=O)[C@H]1CCCNC1=O. The van der Waals surface area contributed by atoms with E-state index in [1.165, 1.54) is 0 Å². The number of rotatable bonds is 4. The van der Waals surface area contributed by atoms with Crippen LogP contribution in [0, 0.1) is 5.92 Å². The van der Waals surface area contributed by atoms with Gasteiger partial charge in [0.15, 0.2) is 0 Å². The first kappa shape index (κ1) is 16.0. The molecule has 2 N–H and O–H groups in total. The molecular weight excluding hydrogens is 306 g/mol. The van der Waals surface area contributed by atoms with Gasteiger partial charge < -0.3 is 10.1 Å². The standard InChI is InChI=1S/C18H19N3O3/c1-24-16-9-8-12-5-2-3-6-13(12)15(16)11-20-21-18(23)14-7-4-10-19-17(14)22/h2-3,5-6,8-9,11,14H,4,7,10H2,1H3,(H,19,22)(H,21,23)/b20-11-/t14-/m0/s1. The second kappa shape index (κ2) is 7.12. The number of nitrogens with zero attached hydrogens (tertiary/aromatic N) is 1. The van der Waals surface area contributed by atoms with Crippen LogP contribution in [0.4, 0.5) is 0 Å². The Kier molecular flexibility index (Phi) is 4.74. The Labute approximate surface area is 139 Å². The van der Waals surface area contributed by atoms with E-state index < -0.39 is 5.92 Å². The van der Waals surface area contributed by atoms with Crippen molar-refractivity contribution < 1.29 is 14.3 Å². The molecule has 0 bridgehead atoms. The normalized spacial score (nSPS) is 17.7. The van der Waals surface area contributed by atoms with E-state index in [9.17, 15) is 9.59 Å². The third-order valence-electron chi connectivity index (χ3n) is 4.12. The van der Waals surface area contributed by atoms with Crippen LogP contribution in [0.5, 0.6) is 5.75 Å². The summed E-state index contributed by atoms with van der Waals surface area (Å²) < 4.78 is 5.38. The van der Waals surface area contributed by atoms with Crippen molar-refractivity contribution in [1.29, 1.82) is 0 Å². The minimum atomic E-state index is -0.676. The molecule has 2 amide bonds. The quantitative estimate of drug-likeness (QED) is 0.511. The number of nitrogens with one attached hydrogen (secondary N) is 2. The van der Waals surface area contributed by atoms with Crippen molar-refractivity contribution >= 4 is 28.8 Å². The van der Waals surface area contributed by atoms with E-state index in [0.29, 0.717) is 18.7 Å². The molecule has 1 heterocycles. The summed E-state index contributed by atoms with van der Waals surface area (Å²) in [6.45, 7) is 0.624. The second-order valence-electron chi connectivity index (χ2n) is 5.62. The molecular formula is C18H19N3O3. The van der Waals surface area contributed by atoms with Crippen LogP contribution in [0.3, 0.4) is 0 Å². The molecule has 3 rings (SSSR count). The lowest BCUT2D eigenvalue weighted by Gasteiger charge is -2.19. The zero-order chi connectivity index (χ0) is 16.9. The Morgan fingerprint density at radius 3 is 2.96 bits per heavy atom. The molecule has 24 heavy (non-hydrogen) atoms. The average Bonchev–Trinajstić information content (AvgIpc) is 2.62. The van der Waals surface area contributed by atoms with Gasteiger partial charge in [-0.3, -0.25) is 9.59 Å². The highest BCUT2D eigenvalue weighted by Gasteiger charge is 2.28. The summed E-state index contributed by atoms with van der Waals surface area (Å²) >= 11 is 0. The highest BCUT2D eigenvalue weighted by atomic mass is 16.5. The van der Waals surface area contributed by atoms with Crippen molar-refractivity contribution in [1.82, 2.24) is 10.7 Å². The maximum Gasteiger partial charge on any atom is 0.252 e. The Bertz CT molecular complexity index is 801. The van der Waals surface area contributed by atoms with E-state index >= 15 is 0 Å². The minimum Gasteiger partial charge on any atom is -0.496 e. The molecule has 0 spiro atoms. The van der Waals surface area contributed by atoms with Crippen LogP contribution in [-0.2, 0) is 9.59 Å². The molecule has 1 aliphatic rings. The van der Waals surface area contributed by atoms with Crippen LogP contribution in [0.1, 0.15) is 18.4 Å². The third-order valence-corrected chi connectivity index (χ3v) is 4.12. The molecule has 124 valence electrons. The molecule has 1 atom stereocenters. The fourth-order valence-corrected chi connectivity index (χ4v) is 2.85. The second-order valence-corrected chi connectivity index (χ2v) is 5.62. The average molecular weight is 325 g/mol. The first-order valence-corrected chi connectivity index (χ1v) is 7.87. The predicted octanol–water partition coefficient (Wildman–Crippen LogP) is 1.82. The molecule has 2 aromatic carbocycles. The largest absolute Gasteiger partial charge is 0.496 e. The van der Waals surface area contributed by atoms with E-state index in [-0.39, 0.29) is 11.8 Å². The van der Waals surface area contributed by atoms with Gasteiger partial charge in [0.05, 0.1) is 13.3 Å². The predicted molar refractivity (Wildman–Crippen MR) is 92.0 cm³/mol. The number of hydrazone groups is 1. The van der Waals surface area contributed by atoms with Gasteiger partial charge in [0, 0.05) is 12.1 Å². The summed E-state index contributed by atoms with van der Waals surface area (Å²) in [6, 6.07) is 11.7. The number of piperidine rings is 1. The van der Waals surface area contributed by atoms with Gasteiger partial charge in [0.2, 0.25) is 5.91 Å². The van der Waals surface area contributed by atoms with Gasteiger partial charge in [-0.2, -0.15) is 5.10 Å². The number of amides is 2. The number of methoxy groups -OCH3 is 1. The number of hydrogen-bond acceptors (Lipinski definition) is 4. The molecule has 0 unspecified atom stereocenters. The highest BCUT2D eigenvalue weighted by Crippen LogP contribution is 2.26. The van der Waals surface area contributed by atoms with Crippen molar-refractivity contribution in [2.75, 3.05) is 13.7 Å². The Morgan fingerprint density at radius 2 is 2.17 bits per heavy atom. The van der Waals surface area contributed by atoms with Crippen molar-refractivity contribution in [2.24, 2.45) is 11.0 Å². The molecule has 6 nitrogen and oxygen atoms in total. The van der Waals surface area contributed by atoms with E-state index in [1.807, 2.05) is 36.4 Å². The van der Waals surface area contributed by atoms with Gasteiger partial charge in [0.1, 0.15) is 11.7 Å². The fourth-order valence-electron chi connectivity index (χ4n) is 2.85.